The fourth-order valence-electron chi connectivity index (χ4n) is 2.00. The molecule has 0 saturated carbocycles. The van der Waals surface area contributed by atoms with Crippen molar-refractivity contribution < 1.29 is 0 Å². The lowest BCUT2D eigenvalue weighted by atomic mass is 9.91. The molecule has 0 bridgehead atoms. The summed E-state index contributed by atoms with van der Waals surface area (Å²) in [6.07, 6.45) is 2.83. The van der Waals surface area contributed by atoms with Gasteiger partial charge in [-0.1, -0.05) is 13.8 Å². The van der Waals surface area contributed by atoms with Gasteiger partial charge in [0.2, 0.25) is 0 Å². The molecule has 0 saturated heterocycles. The number of anilines is 1. The molecule has 0 radical (unpaired) electrons. The van der Waals surface area contributed by atoms with Crippen LogP contribution < -0.4 is 11.1 Å². The predicted octanol–water partition coefficient (Wildman–Crippen LogP) is 3.33. The van der Waals surface area contributed by atoms with Crippen LogP contribution in [0.1, 0.15) is 32.8 Å². The number of aromatic nitrogens is 1. The average Bonchev–Trinajstić information content (AvgIpc) is 2.24. The number of hydrogen-bond donors (Lipinski definition) is 2. The zero-order valence-corrected chi connectivity index (χ0v) is 12.6. The maximum absolute atomic E-state index is 5.89. The van der Waals surface area contributed by atoms with E-state index in [-0.39, 0.29) is 5.54 Å². The highest BCUT2D eigenvalue weighted by atomic mass is 79.9. The average molecular weight is 300 g/mol. The van der Waals surface area contributed by atoms with Crippen LogP contribution in [-0.2, 0) is 0 Å². The van der Waals surface area contributed by atoms with Crippen molar-refractivity contribution in [2.75, 3.05) is 11.9 Å². The molecular formula is C13H22BrN3. The van der Waals surface area contributed by atoms with E-state index < -0.39 is 0 Å². The SMILES string of the molecule is Cc1ccnc(NC(C)(CN)CC(C)C)c1Br. The van der Waals surface area contributed by atoms with Gasteiger partial charge in [-0.15, -0.1) is 0 Å². The van der Waals surface area contributed by atoms with E-state index in [1.807, 2.05) is 12.3 Å². The van der Waals surface area contributed by atoms with Crippen molar-refractivity contribution in [3.05, 3.63) is 22.3 Å². The van der Waals surface area contributed by atoms with Crippen molar-refractivity contribution in [3.8, 4) is 0 Å². The molecule has 4 heteroatoms. The van der Waals surface area contributed by atoms with Crippen LogP contribution in [0.4, 0.5) is 5.82 Å². The highest BCUT2D eigenvalue weighted by molar-refractivity contribution is 9.10. The molecule has 0 aliphatic heterocycles. The minimum Gasteiger partial charge on any atom is -0.363 e. The van der Waals surface area contributed by atoms with Crippen LogP contribution in [-0.4, -0.2) is 17.1 Å². The molecule has 0 aliphatic carbocycles. The van der Waals surface area contributed by atoms with Crippen LogP contribution in [0.15, 0.2) is 16.7 Å². The van der Waals surface area contributed by atoms with E-state index in [0.717, 1.165) is 16.7 Å². The summed E-state index contributed by atoms with van der Waals surface area (Å²) in [5, 5.41) is 3.46. The highest BCUT2D eigenvalue weighted by Crippen LogP contribution is 2.28. The van der Waals surface area contributed by atoms with Gasteiger partial charge in [0.05, 0.1) is 4.47 Å². The van der Waals surface area contributed by atoms with Crippen LogP contribution in [0, 0.1) is 12.8 Å². The molecule has 0 fully saturated rings. The van der Waals surface area contributed by atoms with E-state index in [1.54, 1.807) is 0 Å². The van der Waals surface area contributed by atoms with Gasteiger partial charge < -0.3 is 11.1 Å². The van der Waals surface area contributed by atoms with Crippen molar-refractivity contribution in [1.29, 1.82) is 0 Å². The summed E-state index contributed by atoms with van der Waals surface area (Å²) in [6.45, 7) is 9.19. The van der Waals surface area contributed by atoms with Crippen molar-refractivity contribution in [2.24, 2.45) is 11.7 Å². The summed E-state index contributed by atoms with van der Waals surface area (Å²) in [4.78, 5) is 4.37. The molecular weight excluding hydrogens is 278 g/mol. The molecule has 0 amide bonds. The predicted molar refractivity (Wildman–Crippen MR) is 77.2 cm³/mol. The number of nitrogens with zero attached hydrogens (tertiary/aromatic N) is 1. The van der Waals surface area contributed by atoms with Gasteiger partial charge in [0.15, 0.2) is 0 Å². The second-order valence-corrected chi connectivity index (χ2v) is 6.07. The van der Waals surface area contributed by atoms with Crippen LogP contribution in [0.25, 0.3) is 0 Å². The van der Waals surface area contributed by atoms with E-state index in [4.69, 9.17) is 5.73 Å². The third kappa shape index (κ3) is 3.96. The topological polar surface area (TPSA) is 50.9 Å². The van der Waals surface area contributed by atoms with Gasteiger partial charge in [-0.25, -0.2) is 4.98 Å². The Morgan fingerprint density at radius 3 is 2.71 bits per heavy atom. The normalized spacial score (nSPS) is 14.8. The lowest BCUT2D eigenvalue weighted by molar-refractivity contribution is 0.406. The Labute approximate surface area is 112 Å². The number of hydrogen-bond acceptors (Lipinski definition) is 3. The van der Waals surface area contributed by atoms with E-state index in [9.17, 15) is 0 Å². The summed E-state index contributed by atoms with van der Waals surface area (Å²) in [5.74, 6) is 1.47. The number of aryl methyl sites for hydroxylation is 1. The summed E-state index contributed by atoms with van der Waals surface area (Å²) < 4.78 is 1.02. The minimum absolute atomic E-state index is 0.114. The van der Waals surface area contributed by atoms with Gasteiger partial charge in [0, 0.05) is 18.3 Å². The fourth-order valence-corrected chi connectivity index (χ4v) is 2.33. The van der Waals surface area contributed by atoms with Gasteiger partial charge in [-0.2, -0.15) is 0 Å². The number of halogens is 1. The number of rotatable bonds is 5. The van der Waals surface area contributed by atoms with Crippen molar-refractivity contribution >= 4 is 21.7 Å². The third-order valence-corrected chi connectivity index (χ3v) is 3.81. The smallest absolute Gasteiger partial charge is 0.141 e. The third-order valence-electron chi connectivity index (χ3n) is 2.81. The van der Waals surface area contributed by atoms with Gasteiger partial charge >= 0.3 is 0 Å². The zero-order chi connectivity index (χ0) is 13.1. The Balaban J connectivity index is 2.91. The van der Waals surface area contributed by atoms with E-state index in [0.29, 0.717) is 12.5 Å². The molecule has 0 aliphatic rings. The van der Waals surface area contributed by atoms with Crippen LogP contribution in [0.2, 0.25) is 0 Å². The first-order chi connectivity index (χ1) is 7.88. The van der Waals surface area contributed by atoms with E-state index in [2.05, 4.69) is 53.9 Å². The quantitative estimate of drug-likeness (QED) is 0.877. The van der Waals surface area contributed by atoms with Gasteiger partial charge in [-0.3, -0.25) is 0 Å². The van der Waals surface area contributed by atoms with Crippen molar-refractivity contribution in [3.63, 3.8) is 0 Å². The van der Waals surface area contributed by atoms with Gasteiger partial charge in [0.25, 0.3) is 0 Å². The molecule has 1 atom stereocenters. The molecule has 1 heterocycles. The van der Waals surface area contributed by atoms with Gasteiger partial charge in [0.1, 0.15) is 5.82 Å². The molecule has 1 rings (SSSR count). The molecule has 96 valence electrons. The summed E-state index contributed by atoms with van der Waals surface area (Å²) in [6, 6.07) is 1.98. The van der Waals surface area contributed by atoms with E-state index >= 15 is 0 Å². The number of pyridine rings is 1. The molecule has 0 aromatic carbocycles. The monoisotopic (exact) mass is 299 g/mol. The molecule has 3 nitrogen and oxygen atoms in total. The second kappa shape index (κ2) is 5.83. The lowest BCUT2D eigenvalue weighted by Crippen LogP contribution is -2.44. The Kier molecular flexibility index (Phi) is 4.95. The Morgan fingerprint density at radius 1 is 1.53 bits per heavy atom. The Bertz CT molecular complexity index is 379. The molecule has 1 unspecified atom stereocenters. The zero-order valence-electron chi connectivity index (χ0n) is 11.0. The molecule has 17 heavy (non-hydrogen) atoms. The standard InChI is InChI=1S/C13H22BrN3/c1-9(2)7-13(4,8-15)17-12-11(14)10(3)5-6-16-12/h5-6,9H,7-8,15H2,1-4H3,(H,16,17). The molecule has 0 spiro atoms. The fraction of sp³-hybridized carbons (Fsp3) is 0.615. The summed E-state index contributed by atoms with van der Waals surface area (Å²) >= 11 is 3.56. The van der Waals surface area contributed by atoms with E-state index in [1.165, 1.54) is 5.56 Å². The van der Waals surface area contributed by atoms with Crippen molar-refractivity contribution in [2.45, 2.75) is 39.7 Å². The minimum atomic E-state index is -0.114. The number of nitrogens with two attached hydrogens (primary N) is 1. The second-order valence-electron chi connectivity index (χ2n) is 5.28. The first-order valence-electron chi connectivity index (χ1n) is 5.97. The Morgan fingerprint density at radius 2 is 2.18 bits per heavy atom. The largest absolute Gasteiger partial charge is 0.363 e. The van der Waals surface area contributed by atoms with Crippen LogP contribution >= 0.6 is 15.9 Å². The summed E-state index contributed by atoms with van der Waals surface area (Å²) in [5.41, 5.74) is 6.94. The van der Waals surface area contributed by atoms with Crippen LogP contribution in [0.5, 0.6) is 0 Å². The van der Waals surface area contributed by atoms with Crippen LogP contribution in [0.3, 0.4) is 0 Å². The molecule has 1 aromatic rings. The Hall–Kier alpha value is -0.610. The van der Waals surface area contributed by atoms with Gasteiger partial charge in [-0.05, 0) is 53.7 Å². The van der Waals surface area contributed by atoms with Crippen molar-refractivity contribution in [1.82, 2.24) is 4.98 Å². The summed E-state index contributed by atoms with van der Waals surface area (Å²) in [7, 11) is 0. The number of nitrogens with one attached hydrogen (secondary N) is 1. The maximum Gasteiger partial charge on any atom is 0.141 e. The first-order valence-corrected chi connectivity index (χ1v) is 6.76. The molecule has 1 aromatic heterocycles. The maximum atomic E-state index is 5.89. The highest BCUT2D eigenvalue weighted by Gasteiger charge is 2.24. The first kappa shape index (κ1) is 14.5. The molecule has 3 N–H and O–H groups in total. The lowest BCUT2D eigenvalue weighted by Gasteiger charge is -2.32.